The summed E-state index contributed by atoms with van der Waals surface area (Å²) in [5.41, 5.74) is -3.04. The van der Waals surface area contributed by atoms with Gasteiger partial charge in [0.1, 0.15) is 24.3 Å². The summed E-state index contributed by atoms with van der Waals surface area (Å²) in [5, 5.41) is 15.2. The van der Waals surface area contributed by atoms with E-state index in [1.165, 1.54) is 34.2 Å². The molecule has 4 fully saturated rings. The van der Waals surface area contributed by atoms with Gasteiger partial charge in [0, 0.05) is 24.7 Å². The highest BCUT2D eigenvalue weighted by Gasteiger charge is 2.65. The molecule has 276 valence electrons. The number of alkyl carbamates (subject to hydrolysis) is 1. The Balaban J connectivity index is 1.18. The van der Waals surface area contributed by atoms with Crippen LogP contribution in [0.2, 0.25) is 0 Å². The first-order valence-electron chi connectivity index (χ1n) is 17.2. The molecule has 16 heteroatoms. The van der Waals surface area contributed by atoms with Crippen molar-refractivity contribution in [2.75, 3.05) is 18.4 Å². The Hall–Kier alpha value is -4.94. The second-order valence-corrected chi connectivity index (χ2v) is 15.5. The van der Waals surface area contributed by atoms with E-state index in [1.54, 1.807) is 32.9 Å². The van der Waals surface area contributed by atoms with E-state index in [2.05, 4.69) is 21.7 Å². The van der Waals surface area contributed by atoms with Crippen LogP contribution in [0.4, 0.5) is 28.2 Å². The lowest BCUT2D eigenvalue weighted by molar-refractivity contribution is -0.206. The third-order valence-corrected chi connectivity index (χ3v) is 11.3. The molecule has 5 aliphatic rings. The van der Waals surface area contributed by atoms with Crippen molar-refractivity contribution in [1.82, 2.24) is 20.1 Å². The normalized spacial score (nSPS) is 31.6. The van der Waals surface area contributed by atoms with Gasteiger partial charge < -0.3 is 29.9 Å². The molecule has 12 nitrogen and oxygen atoms in total. The van der Waals surface area contributed by atoms with Crippen LogP contribution in [0.15, 0.2) is 48.7 Å². The molecular formula is C36H38F4N6O6. The number of hydrogen-bond donors (Lipinski definition) is 2. The average Bonchev–Trinajstić information content (AvgIpc) is 3.85. The van der Waals surface area contributed by atoms with E-state index in [0.717, 1.165) is 12.1 Å². The zero-order chi connectivity index (χ0) is 37.3. The molecular weight excluding hydrogens is 688 g/mol. The summed E-state index contributed by atoms with van der Waals surface area (Å²) in [4.78, 5) is 62.5. The van der Waals surface area contributed by atoms with Crippen LogP contribution in [0, 0.1) is 40.4 Å². The summed E-state index contributed by atoms with van der Waals surface area (Å²) >= 11 is 0. The van der Waals surface area contributed by atoms with Crippen molar-refractivity contribution in [3.05, 3.63) is 54.2 Å². The highest BCUT2D eigenvalue weighted by molar-refractivity contribution is 6.01. The number of likely N-dealkylation sites (tertiary alicyclic amines) is 2. The molecule has 4 heterocycles. The van der Waals surface area contributed by atoms with E-state index in [4.69, 9.17) is 9.47 Å². The van der Waals surface area contributed by atoms with Crippen molar-refractivity contribution in [2.24, 2.45) is 29.1 Å². The van der Waals surface area contributed by atoms with Crippen molar-refractivity contribution in [3.8, 4) is 11.8 Å². The SMILES string of the molecule is CC(C)(C)[C@H](NC(=O)O[C@@H](c1ccccc1)C(F)(F)F)C(=O)N1C[C@@H]2[C@H]3C[C@@H]([C@@H]2[C@H]1C(=O)N1C[C@@]2(C[C@H]1C#N)Oc1cccnc1NC2=O)[C@H](F)C3. The predicted molar refractivity (Wildman–Crippen MR) is 174 cm³/mol. The van der Waals surface area contributed by atoms with Gasteiger partial charge in [-0.25, -0.2) is 14.2 Å². The number of hydrogen-bond acceptors (Lipinski definition) is 8. The predicted octanol–water partition coefficient (Wildman–Crippen LogP) is 4.54. The van der Waals surface area contributed by atoms with Crippen molar-refractivity contribution >= 4 is 29.6 Å². The highest BCUT2D eigenvalue weighted by atomic mass is 19.4. The fraction of sp³-hybridized carbons (Fsp3) is 0.556. The first-order valence-corrected chi connectivity index (χ1v) is 17.2. The highest BCUT2D eigenvalue weighted by Crippen LogP contribution is 2.59. The first kappa shape index (κ1) is 35.5. The first-order chi connectivity index (χ1) is 24.5. The molecule has 2 aromatic rings. The van der Waals surface area contributed by atoms with Crippen LogP contribution < -0.4 is 15.4 Å². The molecule has 52 heavy (non-hydrogen) atoms. The molecule has 1 aromatic heterocycles. The van der Waals surface area contributed by atoms with E-state index < -0.39 is 83.2 Å². The third kappa shape index (κ3) is 5.97. The molecule has 2 bridgehead atoms. The Morgan fingerprint density at radius 2 is 1.83 bits per heavy atom. The Morgan fingerprint density at radius 3 is 2.50 bits per heavy atom. The van der Waals surface area contributed by atoms with Gasteiger partial charge in [0.25, 0.3) is 5.91 Å². The van der Waals surface area contributed by atoms with Crippen LogP contribution in [0.1, 0.15) is 51.7 Å². The topological polar surface area (TPSA) is 154 Å². The molecule has 2 N–H and O–H groups in total. The van der Waals surface area contributed by atoms with E-state index in [-0.39, 0.29) is 54.9 Å². The molecule has 0 radical (unpaired) electrons. The summed E-state index contributed by atoms with van der Waals surface area (Å²) in [5.74, 6) is -3.13. The van der Waals surface area contributed by atoms with Crippen molar-refractivity contribution < 1.29 is 46.2 Å². The molecule has 7 rings (SSSR count). The molecule has 4 amide bonds. The van der Waals surface area contributed by atoms with Crippen LogP contribution in [0.25, 0.3) is 0 Å². The van der Waals surface area contributed by atoms with Crippen LogP contribution in [-0.2, 0) is 19.1 Å². The Bertz CT molecular complexity index is 1820. The maximum absolute atomic E-state index is 15.4. The number of halogens is 4. The van der Waals surface area contributed by atoms with Gasteiger partial charge in [0.2, 0.25) is 23.5 Å². The number of amides is 4. The fourth-order valence-corrected chi connectivity index (χ4v) is 8.95. The fourth-order valence-electron chi connectivity index (χ4n) is 8.95. The van der Waals surface area contributed by atoms with Gasteiger partial charge in [-0.05, 0) is 54.1 Å². The molecule has 3 aliphatic heterocycles. The Morgan fingerprint density at radius 1 is 1.10 bits per heavy atom. The standard InChI is InChI=1S/C36H38F4N6O6/c1-34(2,3)27(43-33(50)51-28(36(38,39)40)18-8-5-4-6-9-18)31(48)45-16-22-19-12-21(23(37)13-19)25(22)26(45)30(47)46-17-35(14-20(46)15-41)32(49)44-29-24(52-35)10-7-11-42-29/h4-11,19-23,25-28H,12-14,16-17H2,1-3H3,(H,43,50)(H,42,44,49)/t19-,20-,21+,22+,23+,25-,26-,27+,28-,35+/m0/s1. The number of carbonyl (C=O) groups excluding carboxylic acids is 4. The number of carbonyl (C=O) groups is 4. The number of benzene rings is 1. The molecule has 1 spiro atoms. The Kier molecular flexibility index (Phi) is 8.61. The molecule has 2 saturated heterocycles. The zero-order valence-corrected chi connectivity index (χ0v) is 28.6. The van der Waals surface area contributed by atoms with Gasteiger partial charge in [-0.2, -0.15) is 18.4 Å². The maximum Gasteiger partial charge on any atom is 0.429 e. The molecule has 2 aliphatic carbocycles. The Labute approximate surface area is 296 Å². The maximum atomic E-state index is 15.4. The zero-order valence-electron chi connectivity index (χ0n) is 28.6. The number of ether oxygens (including phenoxy) is 2. The number of fused-ring (bicyclic) bond motifs is 6. The van der Waals surface area contributed by atoms with Crippen LogP contribution in [0.5, 0.6) is 5.75 Å². The monoisotopic (exact) mass is 726 g/mol. The quantitative estimate of drug-likeness (QED) is 0.426. The molecule has 1 aromatic carbocycles. The van der Waals surface area contributed by atoms with Crippen molar-refractivity contribution in [3.63, 3.8) is 0 Å². The lowest BCUT2D eigenvalue weighted by Gasteiger charge is -2.39. The van der Waals surface area contributed by atoms with Gasteiger partial charge in [0.15, 0.2) is 11.6 Å². The second-order valence-electron chi connectivity index (χ2n) is 15.5. The summed E-state index contributed by atoms with van der Waals surface area (Å²) in [6, 6.07) is 7.99. The van der Waals surface area contributed by atoms with Gasteiger partial charge in [0.05, 0.1) is 12.6 Å². The largest absolute Gasteiger partial charge is 0.472 e. The van der Waals surface area contributed by atoms with Crippen LogP contribution >= 0.6 is 0 Å². The number of pyridine rings is 1. The number of anilines is 1. The second kappa shape index (κ2) is 12.6. The lowest BCUT2D eigenvalue weighted by atomic mass is 9.77. The van der Waals surface area contributed by atoms with Crippen LogP contribution in [0.3, 0.4) is 0 Å². The number of rotatable bonds is 5. The number of nitrogens with zero attached hydrogens (tertiary/aromatic N) is 4. The van der Waals surface area contributed by atoms with Gasteiger partial charge in [-0.3, -0.25) is 14.4 Å². The lowest BCUT2D eigenvalue weighted by Crippen LogP contribution is -2.60. The summed E-state index contributed by atoms with van der Waals surface area (Å²) in [6.07, 6.45) is -8.20. The van der Waals surface area contributed by atoms with Crippen LogP contribution in [-0.4, -0.2) is 87.8 Å². The van der Waals surface area contributed by atoms with E-state index in [9.17, 15) is 37.6 Å². The smallest absolute Gasteiger partial charge is 0.429 e. The minimum atomic E-state index is -4.96. The molecule has 0 unspecified atom stereocenters. The number of alkyl halides is 4. The van der Waals surface area contributed by atoms with E-state index in [1.807, 2.05) is 0 Å². The average molecular weight is 727 g/mol. The van der Waals surface area contributed by atoms with Gasteiger partial charge in [-0.1, -0.05) is 51.1 Å². The number of nitrogens with one attached hydrogen (secondary N) is 2. The summed E-state index contributed by atoms with van der Waals surface area (Å²) in [6.45, 7) is 4.51. The molecule has 2 saturated carbocycles. The van der Waals surface area contributed by atoms with E-state index in [0.29, 0.717) is 6.42 Å². The third-order valence-electron chi connectivity index (χ3n) is 11.3. The van der Waals surface area contributed by atoms with Crippen molar-refractivity contribution in [2.45, 2.75) is 82.2 Å². The molecule has 10 atom stereocenters. The summed E-state index contributed by atoms with van der Waals surface area (Å²) in [7, 11) is 0. The number of aromatic nitrogens is 1. The van der Waals surface area contributed by atoms with Gasteiger partial charge in [-0.15, -0.1) is 0 Å². The van der Waals surface area contributed by atoms with E-state index >= 15 is 4.39 Å². The summed E-state index contributed by atoms with van der Waals surface area (Å²) < 4.78 is 68.5. The minimum Gasteiger partial charge on any atom is -0.472 e. The van der Waals surface area contributed by atoms with Gasteiger partial charge >= 0.3 is 12.3 Å². The minimum absolute atomic E-state index is 0.0402. The van der Waals surface area contributed by atoms with Crippen molar-refractivity contribution in [1.29, 1.82) is 5.26 Å². The number of nitriles is 1.